The fraction of sp³-hybridized carbons (Fsp3) is 0.773. The number of hydrogen-bond acceptors (Lipinski definition) is 23. The lowest BCUT2D eigenvalue weighted by Gasteiger charge is -2.40. The predicted octanol–water partition coefficient (Wildman–Crippen LogP) is 12.7. The number of aliphatic hydroxyl groups excluding tert-OH is 1. The van der Waals surface area contributed by atoms with Crippen molar-refractivity contribution in [2.75, 3.05) is 41.0 Å². The zero-order chi connectivity index (χ0) is 88.2. The number of carbonyl (C=O) groups excluding carboxylic acids is 12. The van der Waals surface area contributed by atoms with Crippen LogP contribution < -0.4 is 5.73 Å². The molecule has 7 heterocycles. The Morgan fingerprint density at radius 2 is 0.678 bits per heavy atom. The van der Waals surface area contributed by atoms with Crippen molar-refractivity contribution in [3.8, 4) is 0 Å². The van der Waals surface area contributed by atoms with Crippen LogP contribution in [0.4, 0.5) is 28.8 Å². The van der Waals surface area contributed by atoms with Gasteiger partial charge in [-0.15, -0.1) is 0 Å². The Balaban J connectivity index is 0.000000163. The zero-order valence-corrected chi connectivity index (χ0v) is 74.6. The normalized spacial score (nSPS) is 32.1. The van der Waals surface area contributed by atoms with Crippen LogP contribution in [-0.2, 0) is 61.8 Å². The Labute approximate surface area is 697 Å². The number of hydrogen-bond donors (Lipinski definition) is 2. The lowest BCUT2D eigenvalue weighted by molar-refractivity contribution is -0.150. The number of esters is 3. The summed E-state index contributed by atoms with van der Waals surface area (Å²) in [6.07, 6.45) is 8.35. The minimum absolute atomic E-state index is 0.00369. The van der Waals surface area contributed by atoms with E-state index in [2.05, 4.69) is 34.3 Å². The van der Waals surface area contributed by atoms with E-state index >= 15 is 0 Å². The van der Waals surface area contributed by atoms with Gasteiger partial charge in [0.25, 0.3) is 11.8 Å². The van der Waals surface area contributed by atoms with E-state index in [1.807, 2.05) is 88.0 Å². The summed E-state index contributed by atoms with van der Waals surface area (Å²) in [6, 6.07) is 5.35. The molecule has 8 amide bonds. The summed E-state index contributed by atoms with van der Waals surface area (Å²) >= 11 is 0. The smallest absolute Gasteiger partial charge is 0.411 e. The van der Waals surface area contributed by atoms with Crippen LogP contribution >= 0.6 is 0 Å². The SMILES string of the molecule is C=C1C[C@@H]2C[C@H]1N(C(=O)OC(C)(C)C)[C@H]2C(=O)OC.COC(=O)[C@H]1[C@@H]2CC(=O)[C@@H](C2)N1C(=O)OC(C)(C)C.COC(=O)[C@H]1[C@H]2C[C@H]([C@@H](C)C2)N1C(=O)OC(C)(C)C.C[C@H]1C[C@@H]2C[C@H]1N(C(=O)OC(C)(C)C)[C@H]2CN.C[C@H]1C[C@@H]2C[C@H]1N(C(=O)OC(C)(C)C)[C@H]2CN1C(=O)c2ccccc2C1=O.C[C@H]1C[C@@H]2C[C@H]1N(C(=O)OC(C)(C)C)[C@H]2CO. The Hall–Kier alpha value is -8.28. The minimum Gasteiger partial charge on any atom is -0.467 e. The van der Waals surface area contributed by atoms with Crippen molar-refractivity contribution in [1.29, 1.82) is 0 Å². The number of ketones is 1. The molecule has 0 unspecified atom stereocenters. The number of methoxy groups -OCH3 is 3. The van der Waals surface area contributed by atoms with Crippen molar-refractivity contribution in [1.82, 2.24) is 34.3 Å². The Bertz CT molecular complexity index is 3740. The van der Waals surface area contributed by atoms with Crippen LogP contribution in [0.5, 0.6) is 0 Å². The first kappa shape index (κ1) is 93.6. The minimum atomic E-state index is -0.692. The average Bonchev–Trinajstić information content (AvgIpc) is 1.59. The number of Topliss-reactive ketones (excluding diaryl/α,β-unsaturated/α-hetero) is 1. The van der Waals surface area contributed by atoms with Gasteiger partial charge < -0.3 is 58.4 Å². The maximum Gasteiger partial charge on any atom is 0.411 e. The van der Waals surface area contributed by atoms with Gasteiger partial charge in [-0.25, -0.2) is 43.2 Å². The second kappa shape index (κ2) is 35.8. The van der Waals surface area contributed by atoms with Crippen molar-refractivity contribution in [2.45, 2.75) is 335 Å². The van der Waals surface area contributed by atoms with Crippen LogP contribution in [0.25, 0.3) is 0 Å². The molecule has 660 valence electrons. The molecule has 0 aromatic heterocycles. The van der Waals surface area contributed by atoms with Gasteiger partial charge >= 0.3 is 54.5 Å². The number of piperidine rings is 6. The fourth-order valence-electron chi connectivity index (χ4n) is 20.6. The van der Waals surface area contributed by atoms with E-state index in [4.69, 9.17) is 48.4 Å². The number of carbonyl (C=O) groups is 12. The molecule has 30 nitrogen and oxygen atoms in total. The van der Waals surface area contributed by atoms with E-state index in [0.29, 0.717) is 78.0 Å². The highest BCUT2D eigenvalue weighted by Crippen LogP contribution is 2.52. The molecule has 13 aliphatic rings. The highest BCUT2D eigenvalue weighted by atomic mass is 16.6. The van der Waals surface area contributed by atoms with E-state index in [1.54, 1.807) is 80.5 Å². The summed E-state index contributed by atoms with van der Waals surface area (Å²) in [5.74, 6) is 1.70. The van der Waals surface area contributed by atoms with Crippen LogP contribution in [0.1, 0.15) is 250 Å². The van der Waals surface area contributed by atoms with Gasteiger partial charge in [0.2, 0.25) is 0 Å². The van der Waals surface area contributed by atoms with Crippen molar-refractivity contribution in [3.63, 3.8) is 0 Å². The molecule has 6 aliphatic carbocycles. The van der Waals surface area contributed by atoms with Gasteiger partial charge in [0.05, 0.1) is 75.8 Å². The van der Waals surface area contributed by atoms with Crippen molar-refractivity contribution in [3.05, 3.63) is 47.5 Å². The summed E-state index contributed by atoms with van der Waals surface area (Å²) in [5.41, 5.74) is 4.42. The molecule has 0 radical (unpaired) electrons. The number of nitrogens with two attached hydrogens (primary N) is 1. The number of likely N-dealkylation sites (tertiary alicyclic amines) is 6. The van der Waals surface area contributed by atoms with Gasteiger partial charge in [-0.3, -0.25) is 43.8 Å². The van der Waals surface area contributed by atoms with Crippen LogP contribution in [0.15, 0.2) is 36.4 Å². The number of nitrogens with zero attached hydrogens (tertiary/aromatic N) is 7. The molecule has 3 N–H and O–H groups in total. The molecule has 12 bridgehead atoms. The van der Waals surface area contributed by atoms with Crippen molar-refractivity contribution < 1.29 is 105 Å². The van der Waals surface area contributed by atoms with Gasteiger partial charge in [-0.2, -0.15) is 0 Å². The Kier molecular flexibility index (Phi) is 28.4. The monoisotopic (exact) mass is 1660 g/mol. The largest absolute Gasteiger partial charge is 0.467 e. The predicted molar refractivity (Wildman–Crippen MR) is 435 cm³/mol. The van der Waals surface area contributed by atoms with Crippen LogP contribution in [0, 0.1) is 59.2 Å². The number of imide groups is 1. The lowest BCUT2D eigenvalue weighted by atomic mass is 9.93. The number of amides is 8. The summed E-state index contributed by atoms with van der Waals surface area (Å²) in [5, 5.41) is 9.44. The van der Waals surface area contributed by atoms with E-state index in [-0.39, 0.29) is 121 Å². The standard InChI is InChI=1S/C21H26N2O4.C14H23NO4.C14H21NO4.C13H24N2O2.C13H19NO5.C13H23NO3/c1-12-9-13-10-16(12)23(20(26)27-21(2,3)4)17(13)11-22-18(24)14-7-5-6-8-15(14)19(22)25;2*1-8-6-9-7-10(8)15(11(9)12(16)18-5)13(17)19-14(2,3)4;1-8-5-9-6-10(8)15(11(9)7-14)12(16)17-13(2,3)4;1-13(2,3)19-12(17)14-8-5-7(6-9(8)15)10(14)11(16)18-4;1-8-5-9-6-10(8)14(11(9)7-15)12(16)17-13(2,3)4/h5-8,12-13,16-17H,9-11H2,1-4H3;8-11H,6-7H2,1-5H3;9-11H,1,6-7H2,2-5H3;8-11H,5-7,14H2,1-4H3;7-8,10H,5-6H2,1-4H3;8-11,15H,5-7H2,1-4H3/t12-,13+,16+,17-;8-,9+,10+,11+;9-,10-,11-;8-,9+,10+,11-;7-,8+,10+;8-,9+,10+,11-/m001000/s1. The molecular weight excluding hydrogens is 1520 g/mol. The molecule has 1 aromatic carbocycles. The molecule has 1 aromatic rings. The Morgan fingerprint density at radius 1 is 0.390 bits per heavy atom. The topological polar surface area (TPSA) is 357 Å². The molecule has 6 saturated heterocycles. The van der Waals surface area contributed by atoms with Gasteiger partial charge in [0.15, 0.2) is 5.78 Å². The first-order chi connectivity index (χ1) is 54.6. The maximum absolute atomic E-state index is 12.9. The van der Waals surface area contributed by atoms with E-state index in [0.717, 1.165) is 63.4 Å². The van der Waals surface area contributed by atoms with Crippen molar-refractivity contribution in [2.24, 2.45) is 64.9 Å². The van der Waals surface area contributed by atoms with Crippen LogP contribution in [0.2, 0.25) is 0 Å². The van der Waals surface area contributed by atoms with Crippen molar-refractivity contribution >= 4 is 72.1 Å². The molecule has 30 heteroatoms. The average molecular weight is 1660 g/mol. The first-order valence-electron chi connectivity index (χ1n) is 42.3. The number of ether oxygens (including phenoxy) is 9. The summed E-state index contributed by atoms with van der Waals surface area (Å²) in [6.45, 7) is 46.5. The van der Waals surface area contributed by atoms with Crippen LogP contribution in [0.3, 0.4) is 0 Å². The summed E-state index contributed by atoms with van der Waals surface area (Å²) in [7, 11) is 3.99. The van der Waals surface area contributed by atoms with Gasteiger partial charge in [0, 0.05) is 37.1 Å². The highest BCUT2D eigenvalue weighted by Gasteiger charge is 2.61. The second-order valence-electron chi connectivity index (χ2n) is 40.8. The molecule has 14 rings (SSSR count). The third-order valence-electron chi connectivity index (χ3n) is 25.1. The Morgan fingerprint density at radius 3 is 1.04 bits per heavy atom. The molecular formula is C88H136N8O22. The molecule has 0 spiro atoms. The third-order valence-corrected chi connectivity index (χ3v) is 25.1. The third kappa shape index (κ3) is 20.8. The molecule has 6 saturated carbocycles. The van der Waals surface area contributed by atoms with E-state index < -0.39 is 82.0 Å². The van der Waals surface area contributed by atoms with E-state index in [1.165, 1.54) is 42.4 Å². The first-order valence-corrected chi connectivity index (χ1v) is 42.3. The maximum atomic E-state index is 12.9. The van der Waals surface area contributed by atoms with E-state index in [9.17, 15) is 62.6 Å². The number of rotatable bonds is 7. The quantitative estimate of drug-likeness (QED) is 0.111. The molecule has 22 atom stereocenters. The van der Waals surface area contributed by atoms with Gasteiger partial charge in [-0.1, -0.05) is 52.0 Å². The lowest BCUT2D eigenvalue weighted by Crippen LogP contribution is -2.54. The van der Waals surface area contributed by atoms with Crippen LogP contribution in [-0.4, -0.2) is 259 Å². The zero-order valence-electron chi connectivity index (χ0n) is 74.6. The molecule has 12 fully saturated rings. The number of benzene rings is 1. The summed E-state index contributed by atoms with van der Waals surface area (Å²) < 4.78 is 47.0. The fourth-order valence-corrected chi connectivity index (χ4v) is 20.6. The highest BCUT2D eigenvalue weighted by molar-refractivity contribution is 6.21. The number of fused-ring (bicyclic) bond motifs is 13. The molecule has 7 aliphatic heterocycles. The van der Waals surface area contributed by atoms with Gasteiger partial charge in [-0.05, 0) is 267 Å². The summed E-state index contributed by atoms with van der Waals surface area (Å²) in [4.78, 5) is 158. The number of aliphatic hydroxyl groups is 1. The van der Waals surface area contributed by atoms with Gasteiger partial charge in [0.1, 0.15) is 51.7 Å². The molecule has 118 heavy (non-hydrogen) atoms. The second-order valence-corrected chi connectivity index (χ2v) is 40.8.